The topological polar surface area (TPSA) is 65.2 Å². The van der Waals surface area contributed by atoms with Gasteiger partial charge in [0.15, 0.2) is 0 Å². The number of imidazole rings is 1. The molecule has 1 saturated heterocycles. The lowest BCUT2D eigenvalue weighted by molar-refractivity contribution is 0.0671. The Balaban J connectivity index is 1.81. The molecule has 0 aliphatic carbocycles. The van der Waals surface area contributed by atoms with Crippen LogP contribution in [0.1, 0.15) is 46.5 Å². The van der Waals surface area contributed by atoms with E-state index in [1.54, 1.807) is 18.0 Å². The first kappa shape index (κ1) is 16.7. The highest BCUT2D eigenvalue weighted by atomic mass is 16.5. The first-order valence-electron chi connectivity index (χ1n) is 8.32. The molecule has 1 amide bonds. The maximum Gasteiger partial charge on any atom is 0.257 e. The number of hydrogen-bond acceptors (Lipinski definition) is 4. The average Bonchev–Trinajstić information content (AvgIpc) is 3.09. The molecule has 2 aromatic rings. The molecule has 0 saturated carbocycles. The van der Waals surface area contributed by atoms with E-state index in [2.05, 4.69) is 21.6 Å². The number of hydrogen-bond donors (Lipinski definition) is 0. The minimum absolute atomic E-state index is 0.0661. The van der Waals surface area contributed by atoms with Crippen LogP contribution in [0.3, 0.4) is 0 Å². The fraction of sp³-hybridized carbons (Fsp3) is 0.588. The largest absolute Gasteiger partial charge is 0.377 e. The first-order valence-corrected chi connectivity index (χ1v) is 8.32. The van der Waals surface area contributed by atoms with E-state index in [4.69, 9.17) is 4.74 Å². The fourth-order valence-electron chi connectivity index (χ4n) is 3.56. The Morgan fingerprint density at radius 2 is 2.21 bits per heavy atom. The summed E-state index contributed by atoms with van der Waals surface area (Å²) in [5.41, 5.74) is 2.58. The van der Waals surface area contributed by atoms with Gasteiger partial charge in [0.2, 0.25) is 0 Å². The molecule has 3 rings (SSSR count). The molecule has 1 fully saturated rings. The van der Waals surface area contributed by atoms with Gasteiger partial charge in [0.25, 0.3) is 5.91 Å². The molecule has 7 heteroatoms. The third-order valence-electron chi connectivity index (χ3n) is 4.62. The highest BCUT2D eigenvalue weighted by molar-refractivity contribution is 5.95. The number of aryl methyl sites for hydroxylation is 3. The summed E-state index contributed by atoms with van der Waals surface area (Å²) in [5, 5.41) is 4.29. The van der Waals surface area contributed by atoms with Crippen molar-refractivity contribution in [1.29, 1.82) is 0 Å². The molecule has 0 aromatic carbocycles. The molecule has 24 heavy (non-hydrogen) atoms. The van der Waals surface area contributed by atoms with Crippen LogP contribution in [-0.4, -0.2) is 50.3 Å². The second-order valence-electron chi connectivity index (χ2n) is 6.47. The van der Waals surface area contributed by atoms with Gasteiger partial charge in [-0.15, -0.1) is 0 Å². The quantitative estimate of drug-likeness (QED) is 0.858. The van der Waals surface area contributed by atoms with Crippen LogP contribution < -0.4 is 0 Å². The molecule has 0 N–H and O–H groups in total. The smallest absolute Gasteiger partial charge is 0.257 e. The average molecular weight is 331 g/mol. The van der Waals surface area contributed by atoms with Crippen molar-refractivity contribution in [3.8, 4) is 0 Å². The lowest BCUT2D eigenvalue weighted by atomic mass is 10.0. The normalized spacial score (nSPS) is 18.2. The van der Waals surface area contributed by atoms with E-state index in [0.717, 1.165) is 36.6 Å². The van der Waals surface area contributed by atoms with Gasteiger partial charge in [-0.3, -0.25) is 9.48 Å². The fourth-order valence-corrected chi connectivity index (χ4v) is 3.56. The highest BCUT2D eigenvalue weighted by Gasteiger charge is 2.28. The van der Waals surface area contributed by atoms with Crippen LogP contribution in [0, 0.1) is 13.8 Å². The molecular weight excluding hydrogens is 306 g/mol. The van der Waals surface area contributed by atoms with Crippen LogP contribution in [0.5, 0.6) is 0 Å². The standard InChI is InChI=1S/C17H25N5O2/c1-12-8-18-16(11-24-4)22(12)14-6-5-7-21(9-14)17(23)15-10-20(3)19-13(15)2/h8,10,14H,5-7,9,11H2,1-4H3. The molecule has 0 bridgehead atoms. The Hall–Kier alpha value is -2.15. The van der Waals surface area contributed by atoms with Crippen LogP contribution in [0.25, 0.3) is 0 Å². The molecule has 1 atom stereocenters. The number of carbonyl (C=O) groups excluding carboxylic acids is 1. The molecule has 2 aromatic heterocycles. The molecule has 0 spiro atoms. The van der Waals surface area contributed by atoms with Crippen molar-refractivity contribution in [2.75, 3.05) is 20.2 Å². The molecular formula is C17H25N5O2. The summed E-state index contributed by atoms with van der Waals surface area (Å²) in [7, 11) is 3.52. The van der Waals surface area contributed by atoms with Gasteiger partial charge in [-0.2, -0.15) is 5.10 Å². The molecule has 3 heterocycles. The lowest BCUT2D eigenvalue weighted by Crippen LogP contribution is -2.41. The van der Waals surface area contributed by atoms with Gasteiger partial charge in [0.1, 0.15) is 12.4 Å². The zero-order valence-corrected chi connectivity index (χ0v) is 14.8. The van der Waals surface area contributed by atoms with Crippen LogP contribution in [0.15, 0.2) is 12.4 Å². The van der Waals surface area contributed by atoms with E-state index >= 15 is 0 Å². The summed E-state index contributed by atoms with van der Waals surface area (Å²) in [5.74, 6) is 0.989. The van der Waals surface area contributed by atoms with Crippen LogP contribution in [0.4, 0.5) is 0 Å². The number of rotatable bonds is 4. The number of methoxy groups -OCH3 is 1. The Labute approximate surface area is 142 Å². The number of likely N-dealkylation sites (tertiary alicyclic amines) is 1. The van der Waals surface area contributed by atoms with Crippen molar-refractivity contribution in [3.05, 3.63) is 35.2 Å². The number of carbonyl (C=O) groups is 1. The number of nitrogens with zero attached hydrogens (tertiary/aromatic N) is 5. The van der Waals surface area contributed by atoms with Crippen molar-refractivity contribution in [1.82, 2.24) is 24.2 Å². The summed E-state index contributed by atoms with van der Waals surface area (Å²) < 4.78 is 9.18. The third-order valence-corrected chi connectivity index (χ3v) is 4.62. The molecule has 1 unspecified atom stereocenters. The summed E-state index contributed by atoms with van der Waals surface area (Å²) in [4.78, 5) is 19.3. The van der Waals surface area contributed by atoms with Gasteiger partial charge < -0.3 is 14.2 Å². The minimum atomic E-state index is 0.0661. The summed E-state index contributed by atoms with van der Waals surface area (Å²) in [6.45, 7) is 5.90. The van der Waals surface area contributed by atoms with Crippen LogP contribution in [0.2, 0.25) is 0 Å². The van der Waals surface area contributed by atoms with Crippen LogP contribution in [-0.2, 0) is 18.4 Å². The predicted octanol–water partition coefficient (Wildman–Crippen LogP) is 1.86. The molecule has 130 valence electrons. The van der Waals surface area contributed by atoms with E-state index in [9.17, 15) is 4.79 Å². The number of aromatic nitrogens is 4. The SMILES string of the molecule is COCc1ncc(C)n1C1CCCN(C(=O)c2cn(C)nc2C)C1. The van der Waals surface area contributed by atoms with Crippen molar-refractivity contribution in [3.63, 3.8) is 0 Å². The number of amides is 1. The summed E-state index contributed by atoms with van der Waals surface area (Å²) in [6.07, 6.45) is 5.71. The Kier molecular flexibility index (Phi) is 4.71. The summed E-state index contributed by atoms with van der Waals surface area (Å²) >= 11 is 0. The minimum Gasteiger partial charge on any atom is -0.377 e. The number of ether oxygens (including phenoxy) is 1. The predicted molar refractivity (Wildman–Crippen MR) is 89.8 cm³/mol. The zero-order chi connectivity index (χ0) is 17.3. The van der Waals surface area contributed by atoms with Crippen molar-refractivity contribution in [2.45, 2.75) is 39.3 Å². The van der Waals surface area contributed by atoms with Gasteiger partial charge >= 0.3 is 0 Å². The van der Waals surface area contributed by atoms with Crippen LogP contribution >= 0.6 is 0 Å². The molecule has 1 aliphatic rings. The Bertz CT molecular complexity index is 733. The van der Waals surface area contributed by atoms with E-state index in [-0.39, 0.29) is 11.9 Å². The lowest BCUT2D eigenvalue weighted by Gasteiger charge is -2.34. The van der Waals surface area contributed by atoms with Gasteiger partial charge in [-0.05, 0) is 26.7 Å². The van der Waals surface area contributed by atoms with Gasteiger partial charge in [0, 0.05) is 45.3 Å². The summed E-state index contributed by atoms with van der Waals surface area (Å²) in [6, 6.07) is 0.243. The van der Waals surface area contributed by atoms with Gasteiger partial charge in [-0.25, -0.2) is 4.98 Å². The maximum absolute atomic E-state index is 12.9. The molecule has 1 aliphatic heterocycles. The monoisotopic (exact) mass is 331 g/mol. The third kappa shape index (κ3) is 3.08. The highest BCUT2D eigenvalue weighted by Crippen LogP contribution is 2.26. The first-order chi connectivity index (χ1) is 11.5. The van der Waals surface area contributed by atoms with E-state index < -0.39 is 0 Å². The van der Waals surface area contributed by atoms with E-state index in [0.29, 0.717) is 18.7 Å². The number of piperidine rings is 1. The Morgan fingerprint density at radius 3 is 2.88 bits per heavy atom. The van der Waals surface area contributed by atoms with Gasteiger partial charge in [0.05, 0.1) is 17.3 Å². The van der Waals surface area contributed by atoms with Crippen molar-refractivity contribution < 1.29 is 9.53 Å². The van der Waals surface area contributed by atoms with E-state index in [1.807, 2.05) is 25.1 Å². The van der Waals surface area contributed by atoms with E-state index in [1.165, 1.54) is 0 Å². The van der Waals surface area contributed by atoms with Crippen molar-refractivity contribution >= 4 is 5.91 Å². The molecule has 7 nitrogen and oxygen atoms in total. The second kappa shape index (κ2) is 6.76. The molecule has 0 radical (unpaired) electrons. The maximum atomic E-state index is 12.9. The zero-order valence-electron chi connectivity index (χ0n) is 14.8. The Morgan fingerprint density at radius 1 is 1.42 bits per heavy atom. The van der Waals surface area contributed by atoms with Gasteiger partial charge in [-0.1, -0.05) is 0 Å². The second-order valence-corrected chi connectivity index (χ2v) is 6.47. The van der Waals surface area contributed by atoms with Crippen molar-refractivity contribution in [2.24, 2.45) is 7.05 Å².